The fourth-order valence-electron chi connectivity index (χ4n) is 0.881. The fourth-order valence-corrected chi connectivity index (χ4v) is 1.59. The maximum absolute atomic E-state index is 11.0. The summed E-state index contributed by atoms with van der Waals surface area (Å²) < 4.78 is 0. The minimum atomic E-state index is -0.00430. The smallest absolute Gasteiger partial charge is 0.234 e. The van der Waals surface area contributed by atoms with Crippen molar-refractivity contribution in [1.29, 1.82) is 0 Å². The summed E-state index contributed by atoms with van der Waals surface area (Å²) in [5.74, 6) is -0.00430. The molecule has 1 rings (SSSR count). The molecule has 0 aliphatic rings. The third-order valence-electron chi connectivity index (χ3n) is 1.44. The predicted molar refractivity (Wildman–Crippen MR) is 52.6 cm³/mol. The molecule has 0 atom stereocenters. The number of carbonyl (C=O) groups excluding carboxylic acids is 1. The molecule has 0 aromatic carbocycles. The van der Waals surface area contributed by atoms with Crippen LogP contribution >= 0.6 is 11.3 Å². The molecule has 0 bridgehead atoms. The van der Waals surface area contributed by atoms with E-state index in [0.717, 1.165) is 10.7 Å². The van der Waals surface area contributed by atoms with Gasteiger partial charge in [-0.3, -0.25) is 4.79 Å². The van der Waals surface area contributed by atoms with Crippen molar-refractivity contribution in [3.63, 3.8) is 0 Å². The van der Waals surface area contributed by atoms with E-state index < -0.39 is 0 Å². The number of nitrogens with zero attached hydrogens (tertiary/aromatic N) is 1. The number of likely N-dealkylation sites (N-methyl/N-ethyl adjacent to an activating group) is 1. The summed E-state index contributed by atoms with van der Waals surface area (Å²) in [6, 6.07) is 0. The second-order valence-corrected chi connectivity index (χ2v) is 3.63. The molecule has 0 spiro atoms. The van der Waals surface area contributed by atoms with Crippen molar-refractivity contribution in [2.24, 2.45) is 0 Å². The molecule has 2 N–H and O–H groups in total. The van der Waals surface area contributed by atoms with Crippen LogP contribution in [0.2, 0.25) is 0 Å². The maximum Gasteiger partial charge on any atom is 0.234 e. The number of aromatic nitrogens is 1. The van der Waals surface area contributed by atoms with Crippen molar-refractivity contribution < 1.29 is 4.79 Å². The predicted octanol–water partition coefficient (Wildman–Crippen LogP) is 0.287. The summed E-state index contributed by atoms with van der Waals surface area (Å²) in [6.45, 7) is 2.82. The summed E-state index contributed by atoms with van der Waals surface area (Å²) >= 11 is 1.56. The maximum atomic E-state index is 11.0. The van der Waals surface area contributed by atoms with Gasteiger partial charge < -0.3 is 10.6 Å². The van der Waals surface area contributed by atoms with Crippen molar-refractivity contribution in [2.45, 2.75) is 13.5 Å². The molecule has 0 saturated carbocycles. The van der Waals surface area contributed by atoms with E-state index in [2.05, 4.69) is 15.6 Å². The molecule has 0 aliphatic heterocycles. The zero-order valence-corrected chi connectivity index (χ0v) is 8.57. The molecule has 72 valence electrons. The number of amides is 1. The highest BCUT2D eigenvalue weighted by atomic mass is 32.1. The number of hydrogen-bond acceptors (Lipinski definition) is 4. The standard InChI is InChI=1S/C8H13N3OS/c1-6-5-13-8(11-6)4-10-7(12)3-9-2/h5,9H,3-4H2,1-2H3,(H,10,12). The Balaban J connectivity index is 2.30. The Kier molecular flexibility index (Phi) is 3.85. The van der Waals surface area contributed by atoms with Gasteiger partial charge in [0, 0.05) is 11.1 Å². The first-order valence-corrected chi connectivity index (χ1v) is 4.92. The molecule has 0 unspecified atom stereocenters. The van der Waals surface area contributed by atoms with Crippen molar-refractivity contribution in [3.05, 3.63) is 16.1 Å². The lowest BCUT2D eigenvalue weighted by atomic mass is 10.5. The molecule has 1 aromatic heterocycles. The van der Waals surface area contributed by atoms with Gasteiger partial charge in [0.05, 0.1) is 13.1 Å². The highest BCUT2D eigenvalue weighted by Crippen LogP contribution is 2.07. The van der Waals surface area contributed by atoms with Gasteiger partial charge in [-0.1, -0.05) is 0 Å². The zero-order chi connectivity index (χ0) is 9.68. The third kappa shape index (κ3) is 3.52. The summed E-state index contributed by atoms with van der Waals surface area (Å²) in [7, 11) is 1.74. The first kappa shape index (κ1) is 10.1. The van der Waals surface area contributed by atoms with Gasteiger partial charge in [0.25, 0.3) is 0 Å². The van der Waals surface area contributed by atoms with Crippen LogP contribution in [0, 0.1) is 6.92 Å². The van der Waals surface area contributed by atoms with Gasteiger partial charge in [-0.05, 0) is 14.0 Å². The average Bonchev–Trinajstić information content (AvgIpc) is 2.49. The Morgan fingerprint density at radius 2 is 2.46 bits per heavy atom. The molecule has 1 aromatic rings. The molecule has 0 aliphatic carbocycles. The van der Waals surface area contributed by atoms with Gasteiger partial charge in [-0.2, -0.15) is 0 Å². The molecule has 5 heteroatoms. The summed E-state index contributed by atoms with van der Waals surface area (Å²) in [6.07, 6.45) is 0. The lowest BCUT2D eigenvalue weighted by molar-refractivity contribution is -0.120. The second kappa shape index (κ2) is 4.94. The van der Waals surface area contributed by atoms with Gasteiger partial charge in [0.2, 0.25) is 5.91 Å². The number of rotatable bonds is 4. The van der Waals surface area contributed by atoms with Gasteiger partial charge in [0.1, 0.15) is 5.01 Å². The first-order chi connectivity index (χ1) is 6.22. The number of carbonyl (C=O) groups is 1. The molecular formula is C8H13N3OS. The topological polar surface area (TPSA) is 54.0 Å². The molecule has 1 amide bonds. The minimum Gasteiger partial charge on any atom is -0.348 e. The quantitative estimate of drug-likeness (QED) is 0.732. The van der Waals surface area contributed by atoms with Crippen LogP contribution in [0.4, 0.5) is 0 Å². The van der Waals surface area contributed by atoms with E-state index in [9.17, 15) is 4.79 Å². The van der Waals surface area contributed by atoms with E-state index in [1.165, 1.54) is 0 Å². The SMILES string of the molecule is CNCC(=O)NCc1nc(C)cs1. The van der Waals surface area contributed by atoms with Gasteiger partial charge in [-0.25, -0.2) is 4.98 Å². The van der Waals surface area contributed by atoms with E-state index >= 15 is 0 Å². The van der Waals surface area contributed by atoms with Crippen molar-refractivity contribution in [1.82, 2.24) is 15.6 Å². The van der Waals surface area contributed by atoms with Crippen molar-refractivity contribution in [2.75, 3.05) is 13.6 Å². The van der Waals surface area contributed by atoms with Crippen molar-refractivity contribution in [3.8, 4) is 0 Å². The average molecular weight is 199 g/mol. The van der Waals surface area contributed by atoms with Crippen LogP contribution in [-0.2, 0) is 11.3 Å². The Morgan fingerprint density at radius 3 is 3.00 bits per heavy atom. The van der Waals surface area contributed by atoms with Gasteiger partial charge in [-0.15, -0.1) is 11.3 Å². The molecule has 0 radical (unpaired) electrons. The highest BCUT2D eigenvalue weighted by molar-refractivity contribution is 7.09. The van der Waals surface area contributed by atoms with E-state index in [4.69, 9.17) is 0 Å². The van der Waals surface area contributed by atoms with Gasteiger partial charge in [0.15, 0.2) is 0 Å². The summed E-state index contributed by atoms with van der Waals surface area (Å²) in [5, 5.41) is 8.46. The van der Waals surface area contributed by atoms with E-state index in [1.807, 2.05) is 12.3 Å². The highest BCUT2D eigenvalue weighted by Gasteiger charge is 2.01. The summed E-state index contributed by atoms with van der Waals surface area (Å²) in [5.41, 5.74) is 1.00. The molecule has 0 saturated heterocycles. The number of hydrogen-bond donors (Lipinski definition) is 2. The van der Waals surface area contributed by atoms with Crippen molar-refractivity contribution >= 4 is 17.2 Å². The van der Waals surface area contributed by atoms with Crippen LogP contribution in [0.25, 0.3) is 0 Å². The third-order valence-corrected chi connectivity index (χ3v) is 2.41. The number of aryl methyl sites for hydroxylation is 1. The molecule has 13 heavy (non-hydrogen) atoms. The van der Waals surface area contributed by atoms with Crippen LogP contribution in [0.3, 0.4) is 0 Å². The van der Waals surface area contributed by atoms with Crippen LogP contribution in [-0.4, -0.2) is 24.5 Å². The first-order valence-electron chi connectivity index (χ1n) is 4.04. The molecular weight excluding hydrogens is 186 g/mol. The Hall–Kier alpha value is -0.940. The lowest BCUT2D eigenvalue weighted by Crippen LogP contribution is -2.31. The second-order valence-electron chi connectivity index (χ2n) is 2.69. The Bertz CT molecular complexity index is 285. The van der Waals surface area contributed by atoms with Crippen LogP contribution in [0.15, 0.2) is 5.38 Å². The number of nitrogens with one attached hydrogen (secondary N) is 2. The molecule has 0 fully saturated rings. The number of thiazole rings is 1. The van der Waals surface area contributed by atoms with Gasteiger partial charge >= 0.3 is 0 Å². The monoisotopic (exact) mass is 199 g/mol. The van der Waals surface area contributed by atoms with Crippen LogP contribution in [0.1, 0.15) is 10.7 Å². The van der Waals surface area contributed by atoms with E-state index in [0.29, 0.717) is 13.1 Å². The van der Waals surface area contributed by atoms with Crippen LogP contribution < -0.4 is 10.6 Å². The molecule has 1 heterocycles. The molecule has 4 nitrogen and oxygen atoms in total. The van der Waals surface area contributed by atoms with E-state index in [1.54, 1.807) is 18.4 Å². The zero-order valence-electron chi connectivity index (χ0n) is 7.76. The Morgan fingerprint density at radius 1 is 1.69 bits per heavy atom. The fraction of sp³-hybridized carbons (Fsp3) is 0.500. The lowest BCUT2D eigenvalue weighted by Gasteiger charge is -2.00. The Labute approximate surface area is 81.4 Å². The largest absolute Gasteiger partial charge is 0.348 e. The minimum absolute atomic E-state index is 0.00430. The van der Waals surface area contributed by atoms with Crippen LogP contribution in [0.5, 0.6) is 0 Å². The summed E-state index contributed by atoms with van der Waals surface area (Å²) in [4.78, 5) is 15.3. The van der Waals surface area contributed by atoms with E-state index in [-0.39, 0.29) is 5.91 Å². The normalized spacial score (nSPS) is 10.0.